The first-order valence-electron chi connectivity index (χ1n) is 9.92. The van der Waals surface area contributed by atoms with E-state index in [1.54, 1.807) is 30.5 Å². The number of nitrogens with zero attached hydrogens (tertiary/aromatic N) is 2. The SMILES string of the molecule is O=C(NCc1ccco1)[C@H](c1ccc(F)cc1)N(C(=O)Cc1cccs1)c1cccnc1. The Morgan fingerprint density at radius 3 is 2.59 bits per heavy atom. The molecule has 0 unspecified atom stereocenters. The molecule has 0 aliphatic rings. The Balaban J connectivity index is 1.71. The van der Waals surface area contributed by atoms with Gasteiger partial charge in [-0.3, -0.25) is 19.5 Å². The van der Waals surface area contributed by atoms with E-state index in [0.717, 1.165) is 4.88 Å². The van der Waals surface area contributed by atoms with Crippen molar-refractivity contribution in [2.24, 2.45) is 0 Å². The number of nitrogens with one attached hydrogen (secondary N) is 1. The first-order valence-corrected chi connectivity index (χ1v) is 10.8. The highest BCUT2D eigenvalue weighted by Crippen LogP contribution is 2.29. The molecule has 0 aliphatic heterocycles. The summed E-state index contributed by atoms with van der Waals surface area (Å²) in [5.74, 6) is -0.547. The summed E-state index contributed by atoms with van der Waals surface area (Å²) in [5.41, 5.74) is 0.947. The summed E-state index contributed by atoms with van der Waals surface area (Å²) < 4.78 is 18.9. The third kappa shape index (κ3) is 5.09. The third-order valence-electron chi connectivity index (χ3n) is 4.81. The van der Waals surface area contributed by atoms with Gasteiger partial charge in [0.15, 0.2) is 0 Å². The van der Waals surface area contributed by atoms with Crippen molar-refractivity contribution in [2.45, 2.75) is 19.0 Å². The Hall–Kier alpha value is -3.78. The lowest BCUT2D eigenvalue weighted by molar-refractivity contribution is -0.126. The summed E-state index contributed by atoms with van der Waals surface area (Å²) in [4.78, 5) is 33.3. The predicted molar refractivity (Wildman–Crippen MR) is 119 cm³/mol. The van der Waals surface area contributed by atoms with Crippen molar-refractivity contribution < 1.29 is 18.4 Å². The van der Waals surface area contributed by atoms with Crippen LogP contribution in [0.3, 0.4) is 0 Å². The van der Waals surface area contributed by atoms with E-state index in [1.807, 2.05) is 17.5 Å². The fourth-order valence-corrected chi connectivity index (χ4v) is 4.02. The van der Waals surface area contributed by atoms with Crippen molar-refractivity contribution in [1.82, 2.24) is 10.3 Å². The lowest BCUT2D eigenvalue weighted by atomic mass is 10.0. The van der Waals surface area contributed by atoms with Crippen LogP contribution in [-0.4, -0.2) is 16.8 Å². The molecule has 0 bridgehead atoms. The average Bonchev–Trinajstić information content (AvgIpc) is 3.51. The lowest BCUT2D eigenvalue weighted by Gasteiger charge is -2.31. The third-order valence-corrected chi connectivity index (χ3v) is 5.68. The molecule has 0 radical (unpaired) electrons. The van der Waals surface area contributed by atoms with Crippen molar-refractivity contribution in [3.63, 3.8) is 0 Å². The molecule has 3 heterocycles. The van der Waals surface area contributed by atoms with Crippen LogP contribution in [-0.2, 0) is 22.6 Å². The maximum atomic E-state index is 13.6. The lowest BCUT2D eigenvalue weighted by Crippen LogP contribution is -2.44. The number of hydrogen-bond donors (Lipinski definition) is 1. The number of thiophene rings is 1. The van der Waals surface area contributed by atoms with Crippen molar-refractivity contribution in [3.8, 4) is 0 Å². The van der Waals surface area contributed by atoms with E-state index in [9.17, 15) is 14.0 Å². The van der Waals surface area contributed by atoms with Crippen molar-refractivity contribution in [3.05, 3.63) is 107 Å². The van der Waals surface area contributed by atoms with E-state index in [-0.39, 0.29) is 18.9 Å². The van der Waals surface area contributed by atoms with Crippen LogP contribution in [0.4, 0.5) is 10.1 Å². The largest absolute Gasteiger partial charge is 0.467 e. The van der Waals surface area contributed by atoms with Gasteiger partial charge in [-0.15, -0.1) is 11.3 Å². The number of pyridine rings is 1. The summed E-state index contributed by atoms with van der Waals surface area (Å²) in [6.07, 6.45) is 4.76. The van der Waals surface area contributed by atoms with Gasteiger partial charge in [0.2, 0.25) is 11.8 Å². The molecule has 6 nitrogen and oxygen atoms in total. The van der Waals surface area contributed by atoms with Gasteiger partial charge >= 0.3 is 0 Å². The Bertz CT molecular complexity index is 1150. The second kappa shape index (κ2) is 10.0. The molecule has 1 aromatic carbocycles. The fourth-order valence-electron chi connectivity index (χ4n) is 3.33. The predicted octanol–water partition coefficient (Wildman–Crippen LogP) is 4.51. The Morgan fingerprint density at radius 1 is 1.09 bits per heavy atom. The number of furan rings is 1. The van der Waals surface area contributed by atoms with Crippen molar-refractivity contribution in [1.29, 1.82) is 0 Å². The number of carbonyl (C=O) groups excluding carboxylic acids is 2. The summed E-state index contributed by atoms with van der Waals surface area (Å²) in [7, 11) is 0. The van der Waals surface area contributed by atoms with Crippen LogP contribution in [0.5, 0.6) is 0 Å². The zero-order valence-corrected chi connectivity index (χ0v) is 17.8. The smallest absolute Gasteiger partial charge is 0.248 e. The number of rotatable bonds is 8. The molecule has 0 saturated heterocycles. The van der Waals surface area contributed by atoms with Crippen molar-refractivity contribution >= 4 is 28.8 Å². The normalized spacial score (nSPS) is 11.7. The second-order valence-electron chi connectivity index (χ2n) is 6.98. The van der Waals surface area contributed by atoms with E-state index in [1.165, 1.54) is 53.0 Å². The molecule has 8 heteroatoms. The van der Waals surface area contributed by atoms with Gasteiger partial charge in [0.1, 0.15) is 17.6 Å². The van der Waals surface area contributed by atoms with Gasteiger partial charge in [-0.05, 0) is 53.4 Å². The molecule has 3 aromatic heterocycles. The zero-order chi connectivity index (χ0) is 22.3. The first kappa shape index (κ1) is 21.5. The van der Waals surface area contributed by atoms with Gasteiger partial charge in [0, 0.05) is 11.1 Å². The number of halogens is 1. The minimum atomic E-state index is -1.03. The van der Waals surface area contributed by atoms with E-state index in [0.29, 0.717) is 17.0 Å². The second-order valence-corrected chi connectivity index (χ2v) is 8.01. The minimum Gasteiger partial charge on any atom is -0.467 e. The average molecular weight is 450 g/mol. The zero-order valence-electron chi connectivity index (χ0n) is 17.0. The molecular weight excluding hydrogens is 429 g/mol. The summed E-state index contributed by atoms with van der Waals surface area (Å²) in [6, 6.07) is 15.2. The van der Waals surface area contributed by atoms with Gasteiger partial charge in [0.05, 0.1) is 31.1 Å². The van der Waals surface area contributed by atoms with Gasteiger partial charge in [-0.25, -0.2) is 4.39 Å². The maximum absolute atomic E-state index is 13.6. The first-order chi connectivity index (χ1) is 15.6. The highest BCUT2D eigenvalue weighted by molar-refractivity contribution is 7.10. The van der Waals surface area contributed by atoms with Crippen LogP contribution in [0, 0.1) is 5.82 Å². The monoisotopic (exact) mass is 449 g/mol. The summed E-state index contributed by atoms with van der Waals surface area (Å²) >= 11 is 1.46. The van der Waals surface area contributed by atoms with E-state index >= 15 is 0 Å². The molecule has 2 amide bonds. The fraction of sp³-hybridized carbons (Fsp3) is 0.125. The summed E-state index contributed by atoms with van der Waals surface area (Å²) in [5, 5.41) is 4.72. The molecule has 0 fully saturated rings. The van der Waals surface area contributed by atoms with Crippen LogP contribution >= 0.6 is 11.3 Å². The maximum Gasteiger partial charge on any atom is 0.248 e. The van der Waals surface area contributed by atoms with Gasteiger partial charge in [0.25, 0.3) is 0 Å². The van der Waals surface area contributed by atoms with E-state index < -0.39 is 17.8 Å². The molecule has 32 heavy (non-hydrogen) atoms. The quantitative estimate of drug-likeness (QED) is 0.430. The number of carbonyl (C=O) groups is 2. The number of benzene rings is 1. The molecular formula is C24H20FN3O3S. The highest BCUT2D eigenvalue weighted by atomic mass is 32.1. The molecule has 4 rings (SSSR count). The number of anilines is 1. The number of aromatic nitrogens is 1. The van der Waals surface area contributed by atoms with Gasteiger partial charge < -0.3 is 9.73 Å². The number of hydrogen-bond acceptors (Lipinski definition) is 5. The minimum absolute atomic E-state index is 0.121. The van der Waals surface area contributed by atoms with Crippen LogP contribution in [0.15, 0.2) is 89.1 Å². The van der Waals surface area contributed by atoms with E-state index in [2.05, 4.69) is 10.3 Å². The molecule has 0 aliphatic carbocycles. The molecule has 1 N–H and O–H groups in total. The topological polar surface area (TPSA) is 75.4 Å². The van der Waals surface area contributed by atoms with E-state index in [4.69, 9.17) is 4.42 Å². The highest BCUT2D eigenvalue weighted by Gasteiger charge is 2.33. The Morgan fingerprint density at radius 2 is 1.94 bits per heavy atom. The molecule has 1 atom stereocenters. The van der Waals surface area contributed by atoms with Crippen LogP contribution in [0.25, 0.3) is 0 Å². The van der Waals surface area contributed by atoms with Crippen LogP contribution < -0.4 is 10.2 Å². The molecule has 0 spiro atoms. The van der Waals surface area contributed by atoms with Gasteiger partial charge in [-0.1, -0.05) is 18.2 Å². The van der Waals surface area contributed by atoms with Crippen LogP contribution in [0.1, 0.15) is 22.2 Å². The standard InChI is InChI=1S/C24H20FN3O3S/c25-18-9-7-17(8-10-18)23(24(30)27-16-20-5-2-12-31-20)28(19-4-1-11-26-15-19)22(29)14-21-6-3-13-32-21/h1-13,15,23H,14,16H2,(H,27,30)/t23-/m0/s1. The van der Waals surface area contributed by atoms with Gasteiger partial charge in [-0.2, -0.15) is 0 Å². The van der Waals surface area contributed by atoms with Crippen molar-refractivity contribution in [2.75, 3.05) is 4.90 Å². The van der Waals surface area contributed by atoms with Crippen LogP contribution in [0.2, 0.25) is 0 Å². The summed E-state index contributed by atoms with van der Waals surface area (Å²) in [6.45, 7) is 0.156. The Labute approximate surface area is 188 Å². The number of amides is 2. The molecule has 4 aromatic rings. The molecule has 0 saturated carbocycles. The molecule has 162 valence electrons. The Kier molecular flexibility index (Phi) is 6.72.